The minimum absolute atomic E-state index is 0.0555. The number of thioether (sulfide) groups is 1. The predicted octanol–water partition coefficient (Wildman–Crippen LogP) is 4.17. The van der Waals surface area contributed by atoms with Gasteiger partial charge in [-0.15, -0.1) is 10.2 Å². The van der Waals surface area contributed by atoms with E-state index in [1.807, 2.05) is 42.8 Å². The number of furan rings is 1. The van der Waals surface area contributed by atoms with Gasteiger partial charge < -0.3 is 19.0 Å². The summed E-state index contributed by atoms with van der Waals surface area (Å²) in [4.78, 5) is 12.6. The van der Waals surface area contributed by atoms with Crippen molar-refractivity contribution < 1.29 is 13.9 Å². The Hall–Kier alpha value is -2.48. The second kappa shape index (κ2) is 8.49. The molecule has 1 N–H and O–H groups in total. The molecule has 2 heterocycles. The van der Waals surface area contributed by atoms with Gasteiger partial charge in [0.2, 0.25) is 5.91 Å². The van der Waals surface area contributed by atoms with Crippen LogP contribution in [-0.2, 0) is 11.8 Å². The average Bonchev–Trinajstić information content (AvgIpc) is 3.32. The van der Waals surface area contributed by atoms with Crippen LogP contribution in [0, 0.1) is 0 Å². The lowest BCUT2D eigenvalue weighted by molar-refractivity contribution is -0.121. The molecule has 4 rings (SSSR count). The molecule has 0 radical (unpaired) electrons. The molecular formula is C21H26N4O3S. The Morgan fingerprint density at radius 3 is 2.86 bits per heavy atom. The van der Waals surface area contributed by atoms with Gasteiger partial charge in [-0.1, -0.05) is 43.2 Å². The normalized spacial score (nSPS) is 16.1. The zero-order valence-electron chi connectivity index (χ0n) is 17.0. The predicted molar refractivity (Wildman–Crippen MR) is 113 cm³/mol. The number of amides is 1. The smallest absolute Gasteiger partial charge is 0.233 e. The SMILES string of the molecule is COc1cccc2cc(-c3nnc(S[C@H](C)C(=O)NC4CCCCC4)n3C)oc12. The van der Waals surface area contributed by atoms with Crippen molar-refractivity contribution in [2.45, 2.75) is 55.5 Å². The van der Waals surface area contributed by atoms with E-state index >= 15 is 0 Å². The largest absolute Gasteiger partial charge is 0.493 e. The van der Waals surface area contributed by atoms with Crippen molar-refractivity contribution in [1.82, 2.24) is 20.1 Å². The number of para-hydroxylation sites is 1. The van der Waals surface area contributed by atoms with Crippen molar-refractivity contribution in [2.75, 3.05) is 7.11 Å². The first kappa shape index (κ1) is 19.8. The number of methoxy groups -OCH3 is 1. The molecule has 29 heavy (non-hydrogen) atoms. The highest BCUT2D eigenvalue weighted by atomic mass is 32.2. The summed E-state index contributed by atoms with van der Waals surface area (Å²) in [5, 5.41) is 13.1. The minimum atomic E-state index is -0.247. The Bertz CT molecular complexity index is 1010. The summed E-state index contributed by atoms with van der Waals surface area (Å²) < 4.78 is 13.2. The van der Waals surface area contributed by atoms with Crippen molar-refractivity contribution >= 4 is 28.6 Å². The second-order valence-electron chi connectivity index (χ2n) is 7.46. The molecule has 1 saturated carbocycles. The van der Waals surface area contributed by atoms with Crippen molar-refractivity contribution in [3.63, 3.8) is 0 Å². The van der Waals surface area contributed by atoms with Gasteiger partial charge in [-0.2, -0.15) is 0 Å². The Kier molecular flexibility index (Phi) is 5.80. The number of hydrogen-bond acceptors (Lipinski definition) is 6. The molecule has 7 nitrogen and oxygen atoms in total. The van der Waals surface area contributed by atoms with E-state index in [0.717, 1.165) is 18.2 Å². The van der Waals surface area contributed by atoms with Crippen LogP contribution in [0.25, 0.3) is 22.6 Å². The molecule has 1 atom stereocenters. The zero-order valence-corrected chi connectivity index (χ0v) is 17.8. The third kappa shape index (κ3) is 4.12. The monoisotopic (exact) mass is 414 g/mol. The summed E-state index contributed by atoms with van der Waals surface area (Å²) in [7, 11) is 3.50. The molecule has 0 spiro atoms. The number of carbonyl (C=O) groups excluding carboxylic acids is 1. The van der Waals surface area contributed by atoms with E-state index < -0.39 is 0 Å². The van der Waals surface area contributed by atoms with Gasteiger partial charge in [-0.25, -0.2) is 0 Å². The summed E-state index contributed by atoms with van der Waals surface area (Å²) >= 11 is 1.41. The van der Waals surface area contributed by atoms with Crippen LogP contribution < -0.4 is 10.1 Å². The van der Waals surface area contributed by atoms with Gasteiger partial charge in [0.25, 0.3) is 0 Å². The Labute approximate surface area is 174 Å². The molecule has 154 valence electrons. The van der Waals surface area contributed by atoms with Crippen molar-refractivity contribution in [2.24, 2.45) is 7.05 Å². The van der Waals surface area contributed by atoms with E-state index in [0.29, 0.717) is 34.1 Å². The molecule has 1 amide bonds. The quantitative estimate of drug-likeness (QED) is 0.610. The fraction of sp³-hybridized carbons (Fsp3) is 0.476. The number of benzene rings is 1. The highest BCUT2D eigenvalue weighted by Crippen LogP contribution is 2.34. The first-order valence-electron chi connectivity index (χ1n) is 10.00. The number of nitrogens with one attached hydrogen (secondary N) is 1. The summed E-state index contributed by atoms with van der Waals surface area (Å²) in [6.45, 7) is 1.91. The summed E-state index contributed by atoms with van der Waals surface area (Å²) in [5.74, 6) is 1.97. The standard InChI is InChI=1S/C21H26N4O3S/c1-13(20(26)22-15-9-5-4-6-10-15)29-21-24-23-19(25(21)2)17-12-14-8-7-11-16(27-3)18(14)28-17/h7-8,11-13,15H,4-6,9-10H2,1-3H3,(H,22,26)/t13-/m1/s1. The number of rotatable bonds is 6. The van der Waals surface area contributed by atoms with Crippen LogP contribution in [0.2, 0.25) is 0 Å². The highest BCUT2D eigenvalue weighted by Gasteiger charge is 2.23. The Balaban J connectivity index is 1.49. The molecule has 0 aliphatic heterocycles. The lowest BCUT2D eigenvalue weighted by atomic mass is 9.95. The number of carbonyl (C=O) groups is 1. The molecule has 1 aromatic carbocycles. The first-order valence-corrected chi connectivity index (χ1v) is 10.9. The fourth-order valence-corrected chi connectivity index (χ4v) is 4.54. The number of hydrogen-bond donors (Lipinski definition) is 1. The van der Waals surface area contributed by atoms with Gasteiger partial charge in [0.15, 0.2) is 28.1 Å². The summed E-state index contributed by atoms with van der Waals surface area (Å²) in [6, 6.07) is 7.98. The first-order chi connectivity index (χ1) is 14.1. The van der Waals surface area contributed by atoms with E-state index in [1.54, 1.807) is 7.11 Å². The number of aromatic nitrogens is 3. The van der Waals surface area contributed by atoms with Crippen molar-refractivity contribution in [3.8, 4) is 17.3 Å². The van der Waals surface area contributed by atoms with Crippen molar-refractivity contribution in [3.05, 3.63) is 24.3 Å². The maximum Gasteiger partial charge on any atom is 0.233 e. The Morgan fingerprint density at radius 2 is 2.10 bits per heavy atom. The van der Waals surface area contributed by atoms with Crippen LogP contribution in [0.4, 0.5) is 0 Å². The molecule has 3 aromatic rings. The van der Waals surface area contributed by atoms with E-state index in [4.69, 9.17) is 9.15 Å². The third-order valence-electron chi connectivity index (χ3n) is 5.39. The van der Waals surface area contributed by atoms with Gasteiger partial charge in [0.05, 0.1) is 12.4 Å². The third-order valence-corrected chi connectivity index (χ3v) is 6.52. The molecule has 1 fully saturated rings. The molecule has 2 aromatic heterocycles. The molecule has 1 aliphatic rings. The number of fused-ring (bicyclic) bond motifs is 1. The zero-order chi connectivity index (χ0) is 20.4. The Morgan fingerprint density at radius 1 is 1.31 bits per heavy atom. The molecule has 0 bridgehead atoms. The van der Waals surface area contributed by atoms with Gasteiger partial charge in [-0.05, 0) is 31.9 Å². The number of ether oxygens (including phenoxy) is 1. The lowest BCUT2D eigenvalue weighted by Crippen LogP contribution is -2.40. The van der Waals surface area contributed by atoms with Crippen LogP contribution in [0.15, 0.2) is 33.8 Å². The van der Waals surface area contributed by atoms with E-state index in [2.05, 4.69) is 15.5 Å². The molecule has 0 saturated heterocycles. The summed E-state index contributed by atoms with van der Waals surface area (Å²) in [6.07, 6.45) is 5.81. The van der Waals surface area contributed by atoms with Gasteiger partial charge >= 0.3 is 0 Å². The maximum atomic E-state index is 12.6. The molecule has 0 unspecified atom stereocenters. The van der Waals surface area contributed by atoms with E-state index in [-0.39, 0.29) is 11.2 Å². The molecule has 8 heteroatoms. The molecular weight excluding hydrogens is 388 g/mol. The van der Waals surface area contributed by atoms with Crippen LogP contribution in [0.3, 0.4) is 0 Å². The maximum absolute atomic E-state index is 12.6. The van der Waals surface area contributed by atoms with Crippen LogP contribution in [-0.4, -0.2) is 39.1 Å². The number of nitrogens with zero attached hydrogens (tertiary/aromatic N) is 3. The second-order valence-corrected chi connectivity index (χ2v) is 8.77. The fourth-order valence-electron chi connectivity index (χ4n) is 3.72. The van der Waals surface area contributed by atoms with Gasteiger partial charge in [0, 0.05) is 18.5 Å². The highest BCUT2D eigenvalue weighted by molar-refractivity contribution is 8.00. The van der Waals surface area contributed by atoms with Crippen molar-refractivity contribution in [1.29, 1.82) is 0 Å². The molecule has 1 aliphatic carbocycles. The van der Waals surface area contributed by atoms with Crippen LogP contribution >= 0.6 is 11.8 Å². The minimum Gasteiger partial charge on any atom is -0.493 e. The van der Waals surface area contributed by atoms with E-state index in [1.165, 1.54) is 31.0 Å². The van der Waals surface area contributed by atoms with Gasteiger partial charge in [0.1, 0.15) is 0 Å². The average molecular weight is 415 g/mol. The van der Waals surface area contributed by atoms with E-state index in [9.17, 15) is 4.79 Å². The van der Waals surface area contributed by atoms with Gasteiger partial charge in [-0.3, -0.25) is 4.79 Å². The van der Waals surface area contributed by atoms with Crippen LogP contribution in [0.5, 0.6) is 5.75 Å². The lowest BCUT2D eigenvalue weighted by Gasteiger charge is -2.24. The topological polar surface area (TPSA) is 82.2 Å². The summed E-state index contributed by atoms with van der Waals surface area (Å²) in [5.41, 5.74) is 0.683. The van der Waals surface area contributed by atoms with Crippen LogP contribution in [0.1, 0.15) is 39.0 Å².